The van der Waals surface area contributed by atoms with Crippen molar-refractivity contribution in [3.63, 3.8) is 0 Å². The van der Waals surface area contributed by atoms with Gasteiger partial charge in [-0.1, -0.05) is 11.6 Å². The van der Waals surface area contributed by atoms with E-state index in [2.05, 4.69) is 0 Å². The van der Waals surface area contributed by atoms with Gasteiger partial charge in [0.15, 0.2) is 0 Å². The molecule has 0 bridgehead atoms. The summed E-state index contributed by atoms with van der Waals surface area (Å²) < 4.78 is 36.6. The molecule has 9 heteroatoms. The average molecular weight is 335 g/mol. The highest BCUT2D eigenvalue weighted by molar-refractivity contribution is 7.91. The van der Waals surface area contributed by atoms with E-state index in [1.54, 1.807) is 0 Å². The second-order valence-corrected chi connectivity index (χ2v) is 7.25. The molecule has 20 heavy (non-hydrogen) atoms. The Hall–Kier alpha value is -1.48. The minimum Gasteiger partial charge on any atom is -0.273 e. The number of sulfonamides is 1. The summed E-state index contributed by atoms with van der Waals surface area (Å²) in [5, 5.41) is 0. The lowest BCUT2D eigenvalue weighted by atomic mass is 10.2. The molecule has 0 saturated carbocycles. The zero-order valence-electron chi connectivity index (χ0n) is 9.76. The minimum absolute atomic E-state index is 0.0260. The molecule has 0 saturated heterocycles. The van der Waals surface area contributed by atoms with Crippen molar-refractivity contribution in [1.82, 2.24) is 10.3 Å². The number of hydrogen-bond donors (Lipinski definition) is 2. The van der Waals surface area contributed by atoms with Crippen LogP contribution in [0.5, 0.6) is 0 Å². The fraction of sp³-hybridized carbons (Fsp3) is 0. The second-order valence-electron chi connectivity index (χ2n) is 3.63. The van der Waals surface area contributed by atoms with E-state index in [0.717, 1.165) is 23.5 Å². The van der Waals surface area contributed by atoms with Gasteiger partial charge in [0, 0.05) is 5.56 Å². The van der Waals surface area contributed by atoms with E-state index in [9.17, 15) is 17.6 Å². The first-order valence-electron chi connectivity index (χ1n) is 5.21. The van der Waals surface area contributed by atoms with E-state index in [1.165, 1.54) is 24.3 Å². The van der Waals surface area contributed by atoms with Gasteiger partial charge in [0.05, 0.1) is 4.34 Å². The summed E-state index contributed by atoms with van der Waals surface area (Å²) in [4.78, 5) is 13.6. The maximum Gasteiger partial charge on any atom is 0.266 e. The number of halogens is 2. The third-order valence-corrected chi connectivity index (χ3v) is 5.19. The van der Waals surface area contributed by atoms with E-state index in [4.69, 9.17) is 11.6 Å². The Morgan fingerprint density at radius 3 is 2.35 bits per heavy atom. The highest BCUT2D eigenvalue weighted by Gasteiger charge is 2.17. The quantitative estimate of drug-likeness (QED) is 0.841. The molecule has 0 fully saturated rings. The zero-order chi connectivity index (χ0) is 14.8. The van der Waals surface area contributed by atoms with Crippen LogP contribution in [-0.4, -0.2) is 14.3 Å². The monoisotopic (exact) mass is 334 g/mol. The largest absolute Gasteiger partial charge is 0.273 e. The number of benzene rings is 1. The Labute approximate surface area is 123 Å². The highest BCUT2D eigenvalue weighted by Crippen LogP contribution is 2.24. The fourth-order valence-electron chi connectivity index (χ4n) is 1.28. The number of hydrazine groups is 1. The van der Waals surface area contributed by atoms with Crippen LogP contribution in [0.25, 0.3) is 0 Å². The van der Waals surface area contributed by atoms with Crippen molar-refractivity contribution in [3.05, 3.63) is 52.1 Å². The van der Waals surface area contributed by atoms with Gasteiger partial charge in [-0.25, -0.2) is 12.8 Å². The van der Waals surface area contributed by atoms with Gasteiger partial charge >= 0.3 is 0 Å². The summed E-state index contributed by atoms with van der Waals surface area (Å²) in [6.07, 6.45) is 0. The number of carbonyl (C=O) groups is 1. The SMILES string of the molecule is O=C(NNS(=O)(=O)c1ccc(Cl)s1)c1ccc(F)cc1. The second kappa shape index (κ2) is 5.88. The number of nitrogens with one attached hydrogen (secondary N) is 2. The molecule has 0 spiro atoms. The first-order valence-corrected chi connectivity index (χ1v) is 7.89. The summed E-state index contributed by atoms with van der Waals surface area (Å²) in [5.74, 6) is -1.19. The number of rotatable bonds is 4. The van der Waals surface area contributed by atoms with Gasteiger partial charge < -0.3 is 0 Å². The molecular weight excluding hydrogens is 327 g/mol. The molecular formula is C11H8ClFN2O3S2. The van der Waals surface area contributed by atoms with E-state index in [1.807, 2.05) is 10.3 Å². The van der Waals surface area contributed by atoms with Crippen LogP contribution in [0.15, 0.2) is 40.6 Å². The summed E-state index contributed by atoms with van der Waals surface area (Å²) in [5.41, 5.74) is 2.15. The number of amides is 1. The summed E-state index contributed by atoms with van der Waals surface area (Å²) in [6.45, 7) is 0. The lowest BCUT2D eigenvalue weighted by Crippen LogP contribution is -2.41. The van der Waals surface area contributed by atoms with Crippen molar-refractivity contribution < 1.29 is 17.6 Å². The summed E-state index contributed by atoms with van der Waals surface area (Å²) in [6, 6.07) is 7.43. The molecule has 1 heterocycles. The first-order chi connectivity index (χ1) is 9.38. The van der Waals surface area contributed by atoms with Crippen molar-refractivity contribution in [1.29, 1.82) is 0 Å². The zero-order valence-corrected chi connectivity index (χ0v) is 12.2. The smallest absolute Gasteiger partial charge is 0.266 e. The number of hydrogen-bond acceptors (Lipinski definition) is 4. The molecule has 2 rings (SSSR count). The van der Waals surface area contributed by atoms with Crippen LogP contribution >= 0.6 is 22.9 Å². The van der Waals surface area contributed by atoms with Crippen LogP contribution in [-0.2, 0) is 10.0 Å². The van der Waals surface area contributed by atoms with Gasteiger partial charge in [-0.05, 0) is 36.4 Å². The number of carbonyl (C=O) groups excluding carboxylic acids is 1. The Morgan fingerprint density at radius 2 is 1.80 bits per heavy atom. The van der Waals surface area contributed by atoms with Crippen LogP contribution in [0.4, 0.5) is 4.39 Å². The molecule has 1 amide bonds. The fourth-order valence-corrected chi connectivity index (χ4v) is 3.60. The summed E-state index contributed by atoms with van der Waals surface area (Å²) >= 11 is 6.50. The predicted molar refractivity (Wildman–Crippen MR) is 73.5 cm³/mol. The molecule has 0 atom stereocenters. The molecule has 106 valence electrons. The van der Waals surface area contributed by atoms with E-state index in [0.29, 0.717) is 4.34 Å². The normalized spacial score (nSPS) is 11.3. The minimum atomic E-state index is -3.87. The lowest BCUT2D eigenvalue weighted by Gasteiger charge is -2.06. The Balaban J connectivity index is 2.05. The maximum absolute atomic E-state index is 12.7. The average Bonchev–Trinajstić information content (AvgIpc) is 2.84. The molecule has 0 aliphatic heterocycles. The van der Waals surface area contributed by atoms with Crippen LogP contribution in [0.1, 0.15) is 10.4 Å². The van der Waals surface area contributed by atoms with Gasteiger partial charge in [0.1, 0.15) is 10.0 Å². The van der Waals surface area contributed by atoms with Crippen LogP contribution in [0, 0.1) is 5.82 Å². The number of thiophene rings is 1. The van der Waals surface area contributed by atoms with E-state index in [-0.39, 0.29) is 9.77 Å². The molecule has 5 nitrogen and oxygen atoms in total. The van der Waals surface area contributed by atoms with Gasteiger partial charge in [-0.2, -0.15) is 0 Å². The molecule has 0 aliphatic rings. The van der Waals surface area contributed by atoms with Gasteiger partial charge in [0.2, 0.25) is 0 Å². The third-order valence-electron chi connectivity index (χ3n) is 2.22. The molecule has 2 N–H and O–H groups in total. The standard InChI is InChI=1S/C11H8ClFN2O3S2/c12-9-5-6-10(19-9)20(17,18)15-14-11(16)7-1-3-8(13)4-2-7/h1-6,15H,(H,14,16). The predicted octanol–water partition coefficient (Wildman–Crippen LogP) is 2.16. The summed E-state index contributed by atoms with van der Waals surface area (Å²) in [7, 11) is -3.87. The lowest BCUT2D eigenvalue weighted by molar-refractivity contribution is 0.0945. The van der Waals surface area contributed by atoms with E-state index >= 15 is 0 Å². The van der Waals surface area contributed by atoms with Crippen molar-refractivity contribution in [3.8, 4) is 0 Å². The molecule has 2 aromatic rings. The molecule has 0 radical (unpaired) electrons. The third kappa shape index (κ3) is 3.54. The van der Waals surface area contributed by atoms with E-state index < -0.39 is 21.7 Å². The van der Waals surface area contributed by atoms with Gasteiger partial charge in [0.25, 0.3) is 15.9 Å². The topological polar surface area (TPSA) is 75.3 Å². The molecule has 0 aliphatic carbocycles. The van der Waals surface area contributed by atoms with Crippen molar-refractivity contribution in [2.45, 2.75) is 4.21 Å². The first kappa shape index (κ1) is 14.9. The molecule has 1 aromatic heterocycles. The maximum atomic E-state index is 12.7. The molecule has 1 aromatic carbocycles. The molecule has 0 unspecified atom stereocenters. The van der Waals surface area contributed by atoms with Gasteiger partial charge in [-0.15, -0.1) is 16.2 Å². The highest BCUT2D eigenvalue weighted by atomic mass is 35.5. The van der Waals surface area contributed by atoms with Crippen molar-refractivity contribution >= 4 is 38.9 Å². The van der Waals surface area contributed by atoms with Crippen LogP contribution in [0.3, 0.4) is 0 Å². The van der Waals surface area contributed by atoms with Crippen LogP contribution in [0.2, 0.25) is 4.34 Å². The Kier molecular flexibility index (Phi) is 4.39. The van der Waals surface area contributed by atoms with Crippen molar-refractivity contribution in [2.24, 2.45) is 0 Å². The van der Waals surface area contributed by atoms with Gasteiger partial charge in [-0.3, -0.25) is 10.2 Å². The van der Waals surface area contributed by atoms with Crippen molar-refractivity contribution in [2.75, 3.05) is 0 Å². The Morgan fingerprint density at radius 1 is 1.15 bits per heavy atom. The Bertz CT molecular complexity index is 728. The van der Waals surface area contributed by atoms with Crippen LogP contribution < -0.4 is 10.3 Å².